The standard InChI is InChI=1S/C27H38N2O4.C7H8ClN3O4S2/c1-20(2)27(19-28,22-10-12-24(31-5)26(18-22)33-7)14-8-15-29(3)16-13-21-9-11-23(30-4)25(17-21)32-6;8-4-1-5-7(2-6(4)16(9,12)13)17(14,15)11-3-10-5/h9-12,17-18,20H,8,13-16H2,1-7H3;1-2,10-11H,3H2,(H2,9,12,13). The lowest BCUT2D eigenvalue weighted by molar-refractivity contribution is 0.292. The van der Waals surface area contributed by atoms with E-state index in [0.717, 1.165) is 55.5 Å². The van der Waals surface area contributed by atoms with Crippen LogP contribution in [0.5, 0.6) is 23.0 Å². The van der Waals surface area contributed by atoms with Crippen molar-refractivity contribution >= 4 is 37.3 Å². The van der Waals surface area contributed by atoms with E-state index in [1.807, 2.05) is 30.3 Å². The molecule has 4 N–H and O–H groups in total. The van der Waals surface area contributed by atoms with E-state index in [2.05, 4.69) is 48.0 Å². The third-order valence-corrected chi connectivity index (χ3v) is 11.4. The van der Waals surface area contributed by atoms with Crippen molar-refractivity contribution in [2.75, 3.05) is 60.6 Å². The number of nitrogens with zero attached hydrogens (tertiary/aromatic N) is 2. The van der Waals surface area contributed by atoms with Crippen molar-refractivity contribution in [3.63, 3.8) is 0 Å². The van der Waals surface area contributed by atoms with Crippen molar-refractivity contribution in [2.45, 2.75) is 48.3 Å². The molecule has 0 aromatic heterocycles. The first kappa shape index (κ1) is 40.6. The van der Waals surface area contributed by atoms with Crippen LogP contribution in [0.15, 0.2) is 58.3 Å². The van der Waals surface area contributed by atoms with Gasteiger partial charge in [-0.15, -0.1) is 0 Å². The molecular weight excluding hydrogens is 706 g/mol. The molecule has 1 unspecified atom stereocenters. The largest absolute Gasteiger partial charge is 0.493 e. The Hall–Kier alpha value is -3.78. The Bertz CT molecular complexity index is 1900. The average molecular weight is 752 g/mol. The normalized spacial score (nSPS) is 14.7. The van der Waals surface area contributed by atoms with Gasteiger partial charge in [-0.05, 0) is 86.3 Å². The van der Waals surface area contributed by atoms with E-state index in [1.54, 1.807) is 28.4 Å². The second-order valence-corrected chi connectivity index (χ2v) is 15.7. The van der Waals surface area contributed by atoms with Crippen molar-refractivity contribution in [1.29, 1.82) is 5.26 Å². The van der Waals surface area contributed by atoms with Gasteiger partial charge in [-0.25, -0.2) is 22.0 Å². The molecule has 50 heavy (non-hydrogen) atoms. The van der Waals surface area contributed by atoms with Crippen LogP contribution in [-0.2, 0) is 31.9 Å². The Morgan fingerprint density at radius 1 is 0.960 bits per heavy atom. The summed E-state index contributed by atoms with van der Waals surface area (Å²) < 4.78 is 69.5. The van der Waals surface area contributed by atoms with Crippen LogP contribution in [0.4, 0.5) is 5.69 Å². The molecule has 1 aliphatic rings. The SMILES string of the molecule is COc1ccc(CCN(C)CCCC(C#N)(c2ccc(OC)c(OC)c2)C(C)C)cc1OC.NS(=O)(=O)c1cc2c(cc1Cl)NCNS2(=O)=O. The number of hydrogen-bond donors (Lipinski definition) is 3. The number of nitriles is 1. The average Bonchev–Trinajstić information content (AvgIpc) is 3.08. The predicted molar refractivity (Wildman–Crippen MR) is 193 cm³/mol. The minimum Gasteiger partial charge on any atom is -0.493 e. The summed E-state index contributed by atoms with van der Waals surface area (Å²) in [5, 5.41) is 17.8. The quantitative estimate of drug-likeness (QED) is 0.207. The highest BCUT2D eigenvalue weighted by Crippen LogP contribution is 2.40. The zero-order valence-corrected chi connectivity index (χ0v) is 31.8. The van der Waals surface area contributed by atoms with Crippen molar-refractivity contribution in [2.24, 2.45) is 11.1 Å². The topological polar surface area (TPSA) is 182 Å². The van der Waals surface area contributed by atoms with Crippen LogP contribution >= 0.6 is 11.6 Å². The van der Waals surface area contributed by atoms with Crippen LogP contribution in [0, 0.1) is 17.2 Å². The number of benzene rings is 3. The van der Waals surface area contributed by atoms with E-state index in [0.29, 0.717) is 11.5 Å². The number of hydrogen-bond acceptors (Lipinski definition) is 11. The highest BCUT2D eigenvalue weighted by atomic mass is 35.5. The number of rotatable bonds is 14. The third-order valence-electron chi connectivity index (χ3n) is 8.60. The molecule has 1 heterocycles. The summed E-state index contributed by atoms with van der Waals surface area (Å²) in [5.41, 5.74) is 1.84. The first-order valence-electron chi connectivity index (χ1n) is 15.7. The lowest BCUT2D eigenvalue weighted by Gasteiger charge is -2.32. The Kier molecular flexibility index (Phi) is 14.2. The van der Waals surface area contributed by atoms with E-state index in [1.165, 1.54) is 11.6 Å². The molecule has 0 radical (unpaired) electrons. The third kappa shape index (κ3) is 9.71. The minimum atomic E-state index is -4.07. The summed E-state index contributed by atoms with van der Waals surface area (Å²) in [6.45, 7) is 6.07. The van der Waals surface area contributed by atoms with Crippen molar-refractivity contribution in [3.05, 3.63) is 64.7 Å². The summed E-state index contributed by atoms with van der Waals surface area (Å²) in [6.07, 6.45) is 2.61. The highest BCUT2D eigenvalue weighted by Gasteiger charge is 2.36. The minimum absolute atomic E-state index is 0.0143. The Morgan fingerprint density at radius 2 is 1.56 bits per heavy atom. The predicted octanol–water partition coefficient (Wildman–Crippen LogP) is 4.74. The first-order valence-corrected chi connectivity index (χ1v) is 19.1. The number of halogens is 1. The molecule has 3 aromatic rings. The second-order valence-electron chi connectivity index (χ2n) is 12.0. The summed E-state index contributed by atoms with van der Waals surface area (Å²) in [4.78, 5) is 1.69. The molecule has 16 heteroatoms. The van der Waals surface area contributed by atoms with E-state index in [9.17, 15) is 22.1 Å². The number of fused-ring (bicyclic) bond motifs is 1. The number of ether oxygens (including phenoxy) is 4. The van der Waals surface area contributed by atoms with Crippen LogP contribution in [0.3, 0.4) is 0 Å². The van der Waals surface area contributed by atoms with Crippen molar-refractivity contribution in [1.82, 2.24) is 9.62 Å². The number of nitrogens with one attached hydrogen (secondary N) is 2. The Morgan fingerprint density at radius 3 is 2.12 bits per heavy atom. The van der Waals surface area contributed by atoms with E-state index in [-0.39, 0.29) is 28.2 Å². The number of likely N-dealkylation sites (N-methyl/N-ethyl adjacent to an activating group) is 1. The molecule has 3 aromatic carbocycles. The molecule has 1 atom stereocenters. The number of nitrogens with two attached hydrogens (primary N) is 1. The van der Waals surface area contributed by atoms with Crippen molar-refractivity contribution in [3.8, 4) is 29.1 Å². The van der Waals surface area contributed by atoms with Gasteiger partial charge < -0.3 is 29.2 Å². The number of methoxy groups -OCH3 is 4. The van der Waals surface area contributed by atoms with Crippen LogP contribution in [-0.4, -0.2) is 77.0 Å². The maximum absolute atomic E-state index is 11.6. The number of anilines is 1. The van der Waals surface area contributed by atoms with Crippen LogP contribution in [0.1, 0.15) is 37.8 Å². The maximum atomic E-state index is 11.6. The number of sulfonamides is 2. The van der Waals surface area contributed by atoms with Gasteiger partial charge in [0.25, 0.3) is 0 Å². The zero-order chi connectivity index (χ0) is 37.3. The van der Waals surface area contributed by atoms with Gasteiger partial charge in [0.1, 0.15) is 9.79 Å². The molecule has 13 nitrogen and oxygen atoms in total. The first-order chi connectivity index (χ1) is 23.6. The van der Waals surface area contributed by atoms with Gasteiger partial charge in [-0.1, -0.05) is 37.6 Å². The highest BCUT2D eigenvalue weighted by molar-refractivity contribution is 7.90. The molecule has 274 valence electrons. The fourth-order valence-corrected chi connectivity index (χ4v) is 7.93. The molecule has 0 bridgehead atoms. The summed E-state index contributed by atoms with van der Waals surface area (Å²) in [7, 11) is 0.867. The van der Waals surface area contributed by atoms with Gasteiger partial charge in [0.2, 0.25) is 20.0 Å². The monoisotopic (exact) mass is 751 g/mol. The zero-order valence-electron chi connectivity index (χ0n) is 29.4. The van der Waals surface area contributed by atoms with Crippen LogP contribution < -0.4 is 34.1 Å². The van der Waals surface area contributed by atoms with Gasteiger partial charge in [0.15, 0.2) is 23.0 Å². The van der Waals surface area contributed by atoms with Gasteiger partial charge in [-0.3, -0.25) is 0 Å². The molecule has 0 saturated carbocycles. The van der Waals surface area contributed by atoms with Gasteiger partial charge in [0, 0.05) is 6.54 Å². The van der Waals surface area contributed by atoms with E-state index in [4.69, 9.17) is 35.7 Å². The lowest BCUT2D eigenvalue weighted by atomic mass is 9.69. The van der Waals surface area contributed by atoms with Crippen LogP contribution in [0.2, 0.25) is 5.02 Å². The molecule has 0 aliphatic carbocycles. The second kappa shape index (κ2) is 17.4. The summed E-state index contributed by atoms with van der Waals surface area (Å²) in [6, 6.07) is 16.7. The molecule has 0 fully saturated rings. The van der Waals surface area contributed by atoms with E-state index < -0.39 is 30.4 Å². The summed E-state index contributed by atoms with van der Waals surface area (Å²) >= 11 is 5.72. The fraction of sp³-hybridized carbons (Fsp3) is 0.441. The van der Waals surface area contributed by atoms with Gasteiger partial charge in [0.05, 0.1) is 57.3 Å². The van der Waals surface area contributed by atoms with Gasteiger partial charge >= 0.3 is 0 Å². The Labute approximate surface area is 300 Å². The Balaban J connectivity index is 0.000000331. The molecule has 0 amide bonds. The lowest BCUT2D eigenvalue weighted by Crippen LogP contribution is -2.34. The molecular formula is C34H46ClN5O8S2. The van der Waals surface area contributed by atoms with E-state index >= 15 is 0 Å². The molecule has 0 saturated heterocycles. The molecule has 0 spiro atoms. The van der Waals surface area contributed by atoms with Crippen molar-refractivity contribution < 1.29 is 35.8 Å². The summed E-state index contributed by atoms with van der Waals surface area (Å²) in [5.74, 6) is 2.99. The van der Waals surface area contributed by atoms with Crippen LogP contribution in [0.25, 0.3) is 0 Å². The number of primary sulfonamides is 1. The fourth-order valence-electron chi connectivity index (χ4n) is 5.64. The smallest absolute Gasteiger partial charge is 0.244 e. The maximum Gasteiger partial charge on any atom is 0.244 e. The molecule has 4 rings (SSSR count). The van der Waals surface area contributed by atoms with Gasteiger partial charge in [-0.2, -0.15) is 9.98 Å². The molecule has 1 aliphatic heterocycles.